The molecule has 0 bridgehead atoms. The number of carbonyl (C=O) groups is 5. The first kappa shape index (κ1) is 44.3. The quantitative estimate of drug-likeness (QED) is 0.104. The van der Waals surface area contributed by atoms with Gasteiger partial charge in [-0.3, -0.25) is 19.2 Å². The number of hydrogen-bond acceptors (Lipinski definition) is 11. The number of amides is 3. The van der Waals surface area contributed by atoms with Gasteiger partial charge in [0.25, 0.3) is 5.56 Å². The Morgan fingerprint density at radius 1 is 1.05 bits per heavy atom. The van der Waals surface area contributed by atoms with Crippen LogP contribution in [0.5, 0.6) is 0 Å². The topological polar surface area (TPSA) is 209 Å². The summed E-state index contributed by atoms with van der Waals surface area (Å²) in [5.74, 6) is -3.95. The van der Waals surface area contributed by atoms with Gasteiger partial charge in [-0.15, -0.1) is 0 Å². The van der Waals surface area contributed by atoms with Crippen LogP contribution < -0.4 is 16.6 Å². The maximum absolute atomic E-state index is 15.8. The molecule has 2 aromatic heterocycles. The van der Waals surface area contributed by atoms with E-state index in [1.54, 1.807) is 34.6 Å². The van der Waals surface area contributed by atoms with Crippen LogP contribution in [-0.2, 0) is 58.6 Å². The van der Waals surface area contributed by atoms with Gasteiger partial charge < -0.3 is 39.8 Å². The van der Waals surface area contributed by atoms with Crippen LogP contribution in [0.25, 0.3) is 33.4 Å². The minimum Gasteiger partial charge on any atom is -0.460 e. The molecule has 0 saturated carbocycles. The summed E-state index contributed by atoms with van der Waals surface area (Å²) in [7, 11) is 0. The average molecular weight is 900 g/mol. The zero-order valence-corrected chi connectivity index (χ0v) is 37.3. The lowest BCUT2D eigenvalue weighted by Gasteiger charge is -2.41. The predicted molar refractivity (Wildman–Crippen MR) is 238 cm³/mol. The largest absolute Gasteiger partial charge is 0.460 e. The molecule has 0 spiro atoms. The Morgan fingerprint density at radius 3 is 2.38 bits per heavy atom. The molecule has 16 heteroatoms. The number of ether oxygens (including phenoxy) is 3. The van der Waals surface area contributed by atoms with E-state index in [0.29, 0.717) is 27.6 Å². The summed E-state index contributed by atoms with van der Waals surface area (Å²) in [6, 6.07) is 16.2. The summed E-state index contributed by atoms with van der Waals surface area (Å²) >= 11 is 0. The number of aryl methyl sites for hydroxylation is 1. The maximum Gasteiger partial charge on any atom is 0.407 e. The van der Waals surface area contributed by atoms with Gasteiger partial charge in [0.05, 0.1) is 35.1 Å². The molecule has 4 aliphatic rings. The summed E-state index contributed by atoms with van der Waals surface area (Å²) in [6.07, 6.45) is -1.10. The van der Waals surface area contributed by atoms with Crippen molar-refractivity contribution < 1.29 is 47.7 Å². The first-order chi connectivity index (χ1) is 31.4. The molecule has 342 valence electrons. The molecule has 0 radical (unpaired) electrons. The third-order valence-corrected chi connectivity index (χ3v) is 13.4. The molecule has 5 aromatic rings. The average Bonchev–Trinajstić information content (AvgIpc) is 3.81. The highest BCUT2D eigenvalue weighted by Crippen LogP contribution is 2.49. The molecular formula is C50H50FN5O10. The van der Waals surface area contributed by atoms with Crippen LogP contribution in [0.15, 0.2) is 65.5 Å². The number of fused-ring (bicyclic) bond motifs is 8. The molecule has 2 aliphatic heterocycles. The second-order valence-electron chi connectivity index (χ2n) is 18.4. The highest BCUT2D eigenvalue weighted by atomic mass is 19.1. The van der Waals surface area contributed by atoms with Crippen LogP contribution in [0.4, 0.5) is 9.18 Å². The number of nitrogens with zero attached hydrogens (tertiary/aromatic N) is 3. The second kappa shape index (κ2) is 16.5. The Bertz CT molecular complexity index is 2930. The van der Waals surface area contributed by atoms with Gasteiger partial charge in [-0.1, -0.05) is 55.5 Å². The first-order valence-corrected chi connectivity index (χ1v) is 22.1. The number of nitrogens with two attached hydrogens (primary N) is 1. The third-order valence-electron chi connectivity index (χ3n) is 13.4. The lowest BCUT2D eigenvalue weighted by Crippen LogP contribution is -2.53. The Kier molecular flexibility index (Phi) is 11.1. The lowest BCUT2D eigenvalue weighted by molar-refractivity contribution is -0.172. The number of alkyl carbamates (subject to hydrolysis) is 1. The van der Waals surface area contributed by atoms with Crippen LogP contribution in [0, 0.1) is 12.7 Å². The van der Waals surface area contributed by atoms with Gasteiger partial charge in [0.1, 0.15) is 37.2 Å². The minimum absolute atomic E-state index is 0.0205. The number of benzene rings is 3. The van der Waals surface area contributed by atoms with Crippen molar-refractivity contribution in [3.63, 3.8) is 0 Å². The molecule has 3 aromatic carbocycles. The molecule has 15 nitrogen and oxygen atoms in total. The van der Waals surface area contributed by atoms with Gasteiger partial charge in [0, 0.05) is 34.9 Å². The molecule has 3 atom stereocenters. The molecule has 0 fully saturated rings. The zero-order chi connectivity index (χ0) is 47.0. The van der Waals surface area contributed by atoms with E-state index in [1.807, 2.05) is 48.5 Å². The summed E-state index contributed by atoms with van der Waals surface area (Å²) in [5, 5.41) is 14.6. The number of aliphatic hydroxyl groups is 1. The summed E-state index contributed by atoms with van der Waals surface area (Å²) in [6.45, 7) is 7.26. The maximum atomic E-state index is 15.8. The van der Waals surface area contributed by atoms with Crippen molar-refractivity contribution in [3.05, 3.63) is 121 Å². The number of pyridine rings is 2. The number of carbonyl (C=O) groups excluding carboxylic acids is 5. The molecule has 3 amide bonds. The van der Waals surface area contributed by atoms with Crippen LogP contribution in [-0.4, -0.2) is 74.2 Å². The number of cyclic esters (lactones) is 1. The Labute approximate surface area is 379 Å². The Hall–Kier alpha value is -6.94. The number of rotatable bonds is 11. The van der Waals surface area contributed by atoms with Gasteiger partial charge in [0.2, 0.25) is 11.8 Å². The fourth-order valence-electron chi connectivity index (χ4n) is 10.3. The Morgan fingerprint density at radius 2 is 1.73 bits per heavy atom. The van der Waals surface area contributed by atoms with E-state index in [2.05, 4.69) is 5.32 Å². The number of nitrogens with one attached hydrogen (secondary N) is 1. The smallest absolute Gasteiger partial charge is 0.407 e. The van der Waals surface area contributed by atoms with Gasteiger partial charge >= 0.3 is 18.0 Å². The SMILES string of the molecule is CC[C@@]1(O)C(=O)OCc2c1cc1n(c2=O)Cc2c-1nc1cc(F)c(C)c3c1c2[C@@H](N(C(=O)CNC(=O)OCC1c2ccccc2-c2ccccc21)[C@@H](CCC(=O)OC(C)(C)C)C(N)=O)CC3. The van der Waals surface area contributed by atoms with Gasteiger partial charge in [-0.2, -0.15) is 0 Å². The van der Waals surface area contributed by atoms with Crippen molar-refractivity contribution in [1.82, 2.24) is 19.8 Å². The van der Waals surface area contributed by atoms with Crippen LogP contribution in [0.3, 0.4) is 0 Å². The molecule has 0 unspecified atom stereocenters. The fraction of sp³-hybridized carbons (Fsp3) is 0.380. The van der Waals surface area contributed by atoms with E-state index in [4.69, 9.17) is 24.9 Å². The highest BCUT2D eigenvalue weighted by Gasteiger charge is 2.47. The number of halogens is 1. The van der Waals surface area contributed by atoms with E-state index in [9.17, 15) is 33.9 Å². The standard InChI is InChI=1S/C50H50FN5O10/c1-6-50(63)34-19-39-44-31(22-55(39)46(60)33(34)24-64-47(50)61)43-37(16-15-26-25(2)35(51)20-36(54-44)42(26)43)56(38(45(52)59)17-18-41(58)66-49(3,4)5)40(57)21-53-48(62)65-23-32-29-13-9-7-11-27(29)28-12-8-10-14-30(28)32/h7-14,19-20,32,37-38,63H,6,15-18,21-24H2,1-5H3,(H2,52,59)(H,53,62)/t37-,38-,50-/m0/s1. The monoisotopic (exact) mass is 899 g/mol. The molecular weight excluding hydrogens is 850 g/mol. The van der Waals surface area contributed by atoms with Gasteiger partial charge in [0.15, 0.2) is 5.60 Å². The molecule has 4 heterocycles. The van der Waals surface area contributed by atoms with Crippen molar-refractivity contribution in [1.29, 1.82) is 0 Å². The summed E-state index contributed by atoms with van der Waals surface area (Å²) in [4.78, 5) is 88.6. The van der Waals surface area contributed by atoms with Crippen LogP contribution in [0.2, 0.25) is 0 Å². The molecule has 9 rings (SSSR count). The van der Waals surface area contributed by atoms with Gasteiger partial charge in [-0.25, -0.2) is 19.0 Å². The normalized spacial score (nSPS) is 18.3. The summed E-state index contributed by atoms with van der Waals surface area (Å²) in [5.41, 5.74) is 9.60. The Balaban J connectivity index is 1.10. The second-order valence-corrected chi connectivity index (χ2v) is 18.4. The zero-order valence-electron chi connectivity index (χ0n) is 37.3. The molecule has 0 saturated heterocycles. The van der Waals surface area contributed by atoms with Crippen molar-refractivity contribution in [2.24, 2.45) is 5.73 Å². The van der Waals surface area contributed by atoms with Gasteiger partial charge in [-0.05, 0) is 98.4 Å². The van der Waals surface area contributed by atoms with Crippen molar-refractivity contribution >= 4 is 40.7 Å². The lowest BCUT2D eigenvalue weighted by atomic mass is 9.80. The summed E-state index contributed by atoms with van der Waals surface area (Å²) < 4.78 is 33.8. The van der Waals surface area contributed by atoms with Crippen LogP contribution in [0.1, 0.15) is 110 Å². The van der Waals surface area contributed by atoms with Crippen molar-refractivity contribution in [2.45, 2.75) is 109 Å². The van der Waals surface area contributed by atoms with E-state index < -0.39 is 71.1 Å². The van der Waals surface area contributed by atoms with Crippen LogP contribution >= 0.6 is 0 Å². The number of aromatic nitrogens is 2. The number of hydrogen-bond donors (Lipinski definition) is 3. The van der Waals surface area contributed by atoms with E-state index in [-0.39, 0.29) is 85.8 Å². The number of esters is 2. The third kappa shape index (κ3) is 7.36. The predicted octanol–water partition coefficient (Wildman–Crippen LogP) is 5.86. The van der Waals surface area contributed by atoms with E-state index in [1.165, 1.54) is 21.6 Å². The van der Waals surface area contributed by atoms with Crippen molar-refractivity contribution in [2.75, 3.05) is 13.2 Å². The molecule has 2 aliphatic carbocycles. The first-order valence-electron chi connectivity index (χ1n) is 22.1. The molecule has 66 heavy (non-hydrogen) atoms. The number of primary amides is 1. The van der Waals surface area contributed by atoms with Crippen molar-refractivity contribution in [3.8, 4) is 22.5 Å². The minimum atomic E-state index is -2.11. The fourth-order valence-corrected chi connectivity index (χ4v) is 10.3. The van der Waals surface area contributed by atoms with E-state index in [0.717, 1.165) is 22.3 Å². The highest BCUT2D eigenvalue weighted by molar-refractivity contribution is 5.95. The molecule has 4 N–H and O–H groups in total. The van der Waals surface area contributed by atoms with E-state index >= 15 is 4.39 Å².